The van der Waals surface area contributed by atoms with Crippen LogP contribution in [0.4, 0.5) is 0 Å². The molecular weight excluding hydrogens is 168 g/mol. The van der Waals surface area contributed by atoms with Crippen molar-refractivity contribution in [3.63, 3.8) is 0 Å². The van der Waals surface area contributed by atoms with E-state index in [4.69, 9.17) is 0 Å². The van der Waals surface area contributed by atoms with Crippen LogP contribution in [0.25, 0.3) is 0 Å². The summed E-state index contributed by atoms with van der Waals surface area (Å²) >= 11 is 0. The molecule has 0 saturated heterocycles. The Labute approximate surface area is 84.6 Å². The molecular formula is C10H15Ti-. The average molecular weight is 183 g/mol. The largest absolute Gasteiger partial charge is 0.250 e. The molecule has 0 heterocycles. The summed E-state index contributed by atoms with van der Waals surface area (Å²) < 4.78 is 0. The maximum atomic E-state index is 3.37. The topological polar surface area (TPSA) is 0 Å². The van der Waals surface area contributed by atoms with Crippen LogP contribution in [-0.2, 0) is 21.7 Å². The third-order valence-electron chi connectivity index (χ3n) is 1.83. The predicted molar refractivity (Wildman–Crippen MR) is 44.7 cm³/mol. The first kappa shape index (κ1) is 11.2. The summed E-state index contributed by atoms with van der Waals surface area (Å²) in [5, 5.41) is 0. The monoisotopic (exact) mass is 183 g/mol. The fourth-order valence-corrected chi connectivity index (χ4v) is 1.18. The summed E-state index contributed by atoms with van der Waals surface area (Å²) in [4.78, 5) is 0. The molecule has 0 atom stereocenters. The van der Waals surface area contributed by atoms with Gasteiger partial charge in [-0.05, 0) is 0 Å². The molecule has 0 saturated carbocycles. The maximum absolute atomic E-state index is 3.37. The van der Waals surface area contributed by atoms with Crippen molar-refractivity contribution >= 4 is 0 Å². The van der Waals surface area contributed by atoms with Gasteiger partial charge in [0.15, 0.2) is 0 Å². The van der Waals surface area contributed by atoms with Crippen molar-refractivity contribution in [3.8, 4) is 0 Å². The number of hydrogen-bond acceptors (Lipinski definition) is 0. The molecule has 0 bridgehead atoms. The Morgan fingerprint density at radius 1 is 1.55 bits per heavy atom. The molecule has 11 heavy (non-hydrogen) atoms. The Hall–Kier alpha value is 0.194. The van der Waals surface area contributed by atoms with Gasteiger partial charge in [-0.3, -0.25) is 0 Å². The molecule has 0 spiro atoms. The van der Waals surface area contributed by atoms with E-state index >= 15 is 0 Å². The van der Waals surface area contributed by atoms with Gasteiger partial charge in [-0.2, -0.15) is 5.57 Å². The van der Waals surface area contributed by atoms with Gasteiger partial charge < -0.3 is 0 Å². The van der Waals surface area contributed by atoms with Crippen LogP contribution in [0.3, 0.4) is 0 Å². The molecule has 0 N–H and O–H groups in total. The van der Waals surface area contributed by atoms with Crippen molar-refractivity contribution in [2.45, 2.75) is 39.5 Å². The Kier molecular flexibility index (Phi) is 5.90. The van der Waals surface area contributed by atoms with Gasteiger partial charge in [-0.25, -0.2) is 17.7 Å². The van der Waals surface area contributed by atoms with Gasteiger partial charge in [-0.15, -0.1) is 0 Å². The molecule has 0 fully saturated rings. The first-order chi connectivity index (χ1) is 4.83. The zero-order chi connectivity index (χ0) is 7.40. The van der Waals surface area contributed by atoms with Crippen molar-refractivity contribution in [2.75, 3.05) is 0 Å². The molecule has 0 aromatic heterocycles. The van der Waals surface area contributed by atoms with Gasteiger partial charge >= 0.3 is 0 Å². The van der Waals surface area contributed by atoms with E-state index in [0.29, 0.717) is 0 Å². The van der Waals surface area contributed by atoms with Crippen LogP contribution >= 0.6 is 0 Å². The van der Waals surface area contributed by atoms with Crippen molar-refractivity contribution in [3.05, 3.63) is 23.3 Å². The fraction of sp³-hybridized carbons (Fsp3) is 0.600. The van der Waals surface area contributed by atoms with Gasteiger partial charge in [0.25, 0.3) is 0 Å². The van der Waals surface area contributed by atoms with Crippen LogP contribution in [-0.4, -0.2) is 0 Å². The van der Waals surface area contributed by atoms with Gasteiger partial charge in [0, 0.05) is 21.7 Å². The van der Waals surface area contributed by atoms with Crippen molar-refractivity contribution < 1.29 is 21.7 Å². The van der Waals surface area contributed by atoms with Gasteiger partial charge in [-0.1, -0.05) is 39.5 Å². The molecule has 1 heteroatoms. The standard InChI is InChI=1S/C10H15.Ti/c1-3-4-5-10-7-6-9(2)8-10;/h7H,3-6H2,1-2H3;/q-1;. The van der Waals surface area contributed by atoms with Crippen LogP contribution in [0.5, 0.6) is 0 Å². The van der Waals surface area contributed by atoms with Crippen LogP contribution in [0, 0.1) is 6.08 Å². The number of hydrogen-bond donors (Lipinski definition) is 0. The van der Waals surface area contributed by atoms with Gasteiger partial charge in [0.1, 0.15) is 0 Å². The summed E-state index contributed by atoms with van der Waals surface area (Å²) in [7, 11) is 0. The zero-order valence-electron chi connectivity index (χ0n) is 7.41. The van der Waals surface area contributed by atoms with Crippen LogP contribution in [0.1, 0.15) is 39.5 Å². The fourth-order valence-electron chi connectivity index (χ4n) is 1.18. The third-order valence-corrected chi connectivity index (χ3v) is 1.83. The van der Waals surface area contributed by atoms with E-state index < -0.39 is 0 Å². The van der Waals surface area contributed by atoms with Crippen LogP contribution in [0.2, 0.25) is 0 Å². The third kappa shape index (κ3) is 3.93. The Balaban J connectivity index is 0.000001000. The second-order valence-corrected chi connectivity index (χ2v) is 2.94. The maximum Gasteiger partial charge on any atom is 0 e. The van der Waals surface area contributed by atoms with Gasteiger partial charge in [0.05, 0.1) is 0 Å². The Bertz CT molecular complexity index is 166. The van der Waals surface area contributed by atoms with Crippen LogP contribution < -0.4 is 0 Å². The van der Waals surface area contributed by atoms with E-state index in [9.17, 15) is 0 Å². The van der Waals surface area contributed by atoms with E-state index in [-0.39, 0.29) is 21.7 Å². The summed E-state index contributed by atoms with van der Waals surface area (Å²) in [5.74, 6) is 0. The molecule has 0 aliphatic heterocycles. The first-order valence-corrected chi connectivity index (χ1v) is 4.11. The predicted octanol–water partition coefficient (Wildman–Crippen LogP) is 3.25. The molecule has 1 aliphatic carbocycles. The smallest absolute Gasteiger partial charge is 0 e. The molecule has 1 rings (SSSR count). The first-order valence-electron chi connectivity index (χ1n) is 4.11. The Morgan fingerprint density at radius 3 is 2.73 bits per heavy atom. The summed E-state index contributed by atoms with van der Waals surface area (Å²) in [6, 6.07) is 0. The quantitative estimate of drug-likeness (QED) is 0.465. The zero-order valence-corrected chi connectivity index (χ0v) is 8.97. The summed E-state index contributed by atoms with van der Waals surface area (Å²) in [5.41, 5.74) is 2.82. The van der Waals surface area contributed by atoms with Crippen molar-refractivity contribution in [2.24, 2.45) is 0 Å². The minimum Gasteiger partial charge on any atom is -0.250 e. The minimum atomic E-state index is 0. The SMILES string of the molecule is CCCCC1=CCC(C)=[C-]1.[Ti]. The van der Waals surface area contributed by atoms with Crippen molar-refractivity contribution in [1.29, 1.82) is 0 Å². The van der Waals surface area contributed by atoms with Crippen LogP contribution in [0.15, 0.2) is 17.2 Å². The van der Waals surface area contributed by atoms with E-state index in [1.165, 1.54) is 30.4 Å². The van der Waals surface area contributed by atoms with E-state index in [1.807, 2.05) is 0 Å². The van der Waals surface area contributed by atoms with E-state index in [1.54, 1.807) is 0 Å². The second kappa shape index (κ2) is 5.80. The molecule has 0 aromatic carbocycles. The number of allylic oxidation sites excluding steroid dienone is 4. The molecule has 0 aromatic rings. The molecule has 60 valence electrons. The summed E-state index contributed by atoms with van der Waals surface area (Å²) in [6.07, 6.45) is 10.6. The molecule has 0 unspecified atom stereocenters. The van der Waals surface area contributed by atoms with E-state index in [2.05, 4.69) is 26.0 Å². The molecule has 0 nitrogen and oxygen atoms in total. The molecule has 1 aliphatic rings. The van der Waals surface area contributed by atoms with E-state index in [0.717, 1.165) is 6.42 Å². The van der Waals surface area contributed by atoms with Crippen molar-refractivity contribution in [1.82, 2.24) is 0 Å². The van der Waals surface area contributed by atoms with Gasteiger partial charge in [0.2, 0.25) is 0 Å². The molecule has 0 radical (unpaired) electrons. The second-order valence-electron chi connectivity index (χ2n) is 2.94. The summed E-state index contributed by atoms with van der Waals surface area (Å²) in [6.45, 7) is 4.38. The molecule has 0 amide bonds. The minimum absolute atomic E-state index is 0. The normalized spacial score (nSPS) is 15.5. The Morgan fingerprint density at radius 2 is 2.27 bits per heavy atom. The number of rotatable bonds is 3. The number of unbranched alkanes of at least 4 members (excludes halogenated alkanes) is 1. The average Bonchev–Trinajstić information content (AvgIpc) is 2.31.